The minimum atomic E-state index is -0.497. The van der Waals surface area contributed by atoms with E-state index >= 15 is 0 Å². The van der Waals surface area contributed by atoms with Crippen LogP contribution in [-0.4, -0.2) is 36.6 Å². The Bertz CT molecular complexity index is 483. The van der Waals surface area contributed by atoms with Gasteiger partial charge in [0.1, 0.15) is 17.3 Å². The van der Waals surface area contributed by atoms with Gasteiger partial charge in [0.15, 0.2) is 0 Å². The summed E-state index contributed by atoms with van der Waals surface area (Å²) in [6.07, 6.45) is 2.30. The number of nitrogens with two attached hydrogens (primary N) is 1. The second-order valence-electron chi connectivity index (χ2n) is 5.90. The van der Waals surface area contributed by atoms with Crippen LogP contribution in [0.15, 0.2) is 12.1 Å². The molecule has 2 aliphatic heterocycles. The van der Waals surface area contributed by atoms with E-state index < -0.39 is 11.6 Å². The lowest BCUT2D eigenvalue weighted by Gasteiger charge is -2.43. The second-order valence-corrected chi connectivity index (χ2v) is 5.90. The Kier molecular flexibility index (Phi) is 3.65. The van der Waals surface area contributed by atoms with Crippen molar-refractivity contribution >= 4 is 5.69 Å². The predicted octanol–water partition coefficient (Wildman–Crippen LogP) is 2.10. The molecule has 1 aromatic rings. The van der Waals surface area contributed by atoms with Crippen LogP contribution >= 0.6 is 0 Å². The van der Waals surface area contributed by atoms with Crippen LogP contribution in [0.1, 0.15) is 25.3 Å². The van der Waals surface area contributed by atoms with Gasteiger partial charge in [-0.2, -0.15) is 0 Å². The van der Waals surface area contributed by atoms with Gasteiger partial charge in [0.05, 0.1) is 0 Å². The molecule has 0 radical (unpaired) electrons. The van der Waals surface area contributed by atoms with Crippen LogP contribution in [-0.2, 0) is 6.54 Å². The van der Waals surface area contributed by atoms with Gasteiger partial charge >= 0.3 is 0 Å². The SMILES string of the molecule is CC1CN2CCCC2CN1c1c(F)cc(CN)cc1F. The Morgan fingerprint density at radius 2 is 1.95 bits per heavy atom. The highest BCUT2D eigenvalue weighted by molar-refractivity contribution is 5.52. The van der Waals surface area contributed by atoms with Crippen molar-refractivity contribution in [1.29, 1.82) is 0 Å². The van der Waals surface area contributed by atoms with E-state index in [-0.39, 0.29) is 18.3 Å². The number of piperazine rings is 1. The van der Waals surface area contributed by atoms with Gasteiger partial charge in [-0.3, -0.25) is 4.90 Å². The Morgan fingerprint density at radius 3 is 2.60 bits per heavy atom. The molecule has 2 fully saturated rings. The highest BCUT2D eigenvalue weighted by atomic mass is 19.1. The molecule has 2 heterocycles. The normalized spacial score (nSPS) is 26.9. The Morgan fingerprint density at radius 1 is 1.25 bits per heavy atom. The number of hydrogen-bond acceptors (Lipinski definition) is 3. The monoisotopic (exact) mass is 281 g/mol. The summed E-state index contributed by atoms with van der Waals surface area (Å²) in [6, 6.07) is 3.26. The summed E-state index contributed by atoms with van der Waals surface area (Å²) in [7, 11) is 0. The highest BCUT2D eigenvalue weighted by Gasteiger charge is 2.36. The Hall–Kier alpha value is -1.20. The van der Waals surface area contributed by atoms with E-state index in [4.69, 9.17) is 5.73 Å². The molecule has 0 aromatic heterocycles. The van der Waals surface area contributed by atoms with E-state index in [1.165, 1.54) is 18.6 Å². The van der Waals surface area contributed by atoms with Crippen LogP contribution < -0.4 is 10.6 Å². The van der Waals surface area contributed by atoms with Crippen LogP contribution in [0, 0.1) is 11.6 Å². The molecule has 2 saturated heterocycles. The van der Waals surface area contributed by atoms with Crippen LogP contribution in [0.3, 0.4) is 0 Å². The molecule has 20 heavy (non-hydrogen) atoms. The number of fused-ring (bicyclic) bond motifs is 1. The highest BCUT2D eigenvalue weighted by Crippen LogP contribution is 2.32. The first-order valence-electron chi connectivity index (χ1n) is 7.29. The van der Waals surface area contributed by atoms with Crippen molar-refractivity contribution in [2.75, 3.05) is 24.5 Å². The minimum absolute atomic E-state index is 0.112. The Balaban J connectivity index is 1.92. The lowest BCUT2D eigenvalue weighted by atomic mass is 10.1. The standard InChI is InChI=1S/C15H21F2N3/c1-10-8-19-4-2-3-12(19)9-20(10)15-13(16)5-11(7-18)6-14(15)17/h5-6,10,12H,2-4,7-9,18H2,1H3. The molecule has 5 heteroatoms. The van der Waals surface area contributed by atoms with E-state index in [0.29, 0.717) is 18.2 Å². The summed E-state index contributed by atoms with van der Waals surface area (Å²) in [5.41, 5.74) is 6.07. The zero-order chi connectivity index (χ0) is 14.3. The van der Waals surface area contributed by atoms with Gasteiger partial charge in [0.25, 0.3) is 0 Å². The van der Waals surface area contributed by atoms with E-state index in [1.807, 2.05) is 11.8 Å². The van der Waals surface area contributed by atoms with Gasteiger partial charge in [-0.1, -0.05) is 0 Å². The molecular weight excluding hydrogens is 260 g/mol. The van der Waals surface area contributed by atoms with E-state index in [0.717, 1.165) is 19.5 Å². The summed E-state index contributed by atoms with van der Waals surface area (Å²) in [5.74, 6) is -0.993. The van der Waals surface area contributed by atoms with Crippen LogP contribution in [0.2, 0.25) is 0 Å². The molecule has 3 nitrogen and oxygen atoms in total. The molecule has 0 saturated carbocycles. The Labute approximate surface area is 118 Å². The average molecular weight is 281 g/mol. The molecule has 2 unspecified atom stereocenters. The molecule has 110 valence electrons. The third kappa shape index (κ3) is 2.29. The quantitative estimate of drug-likeness (QED) is 0.901. The number of benzene rings is 1. The molecule has 0 spiro atoms. The second kappa shape index (κ2) is 5.30. The fraction of sp³-hybridized carbons (Fsp3) is 0.600. The average Bonchev–Trinajstić information content (AvgIpc) is 2.85. The first-order chi connectivity index (χ1) is 9.60. The number of halogens is 2. The summed E-state index contributed by atoms with van der Waals surface area (Å²) >= 11 is 0. The van der Waals surface area contributed by atoms with Crippen LogP contribution in [0.25, 0.3) is 0 Å². The first kappa shape index (κ1) is 13.8. The van der Waals surface area contributed by atoms with Crippen LogP contribution in [0.4, 0.5) is 14.5 Å². The largest absolute Gasteiger partial charge is 0.361 e. The zero-order valence-electron chi connectivity index (χ0n) is 11.8. The van der Waals surface area contributed by atoms with Gasteiger partial charge in [-0.05, 0) is 44.0 Å². The smallest absolute Gasteiger partial charge is 0.149 e. The summed E-state index contributed by atoms with van der Waals surface area (Å²) in [5, 5.41) is 0. The zero-order valence-corrected chi connectivity index (χ0v) is 11.8. The molecule has 1 aromatic carbocycles. The first-order valence-corrected chi connectivity index (χ1v) is 7.29. The molecule has 0 amide bonds. The van der Waals surface area contributed by atoms with Crippen LogP contribution in [0.5, 0.6) is 0 Å². The molecule has 2 atom stereocenters. The summed E-state index contributed by atoms with van der Waals surface area (Å²) in [6.45, 7) is 4.88. The number of hydrogen-bond donors (Lipinski definition) is 1. The van der Waals surface area contributed by atoms with Gasteiger partial charge < -0.3 is 10.6 Å². The maximum Gasteiger partial charge on any atom is 0.149 e. The maximum atomic E-state index is 14.2. The fourth-order valence-electron chi connectivity index (χ4n) is 3.51. The maximum absolute atomic E-state index is 14.2. The van der Waals surface area contributed by atoms with Gasteiger partial charge in [0.2, 0.25) is 0 Å². The molecular formula is C15H21F2N3. The molecule has 2 aliphatic rings. The van der Waals surface area contributed by atoms with Crippen molar-refractivity contribution in [3.63, 3.8) is 0 Å². The van der Waals surface area contributed by atoms with Crippen molar-refractivity contribution in [2.45, 2.75) is 38.4 Å². The number of rotatable bonds is 2. The number of nitrogens with zero attached hydrogens (tertiary/aromatic N) is 2. The van der Waals surface area contributed by atoms with Crippen molar-refractivity contribution in [3.8, 4) is 0 Å². The van der Waals surface area contributed by atoms with Gasteiger partial charge in [0, 0.05) is 31.7 Å². The van der Waals surface area contributed by atoms with Crippen molar-refractivity contribution in [2.24, 2.45) is 5.73 Å². The van der Waals surface area contributed by atoms with Crippen molar-refractivity contribution in [3.05, 3.63) is 29.3 Å². The third-order valence-corrected chi connectivity index (χ3v) is 4.54. The van der Waals surface area contributed by atoms with E-state index in [9.17, 15) is 8.78 Å². The molecule has 0 aliphatic carbocycles. The summed E-state index contributed by atoms with van der Waals surface area (Å²) in [4.78, 5) is 4.32. The van der Waals surface area contributed by atoms with Gasteiger partial charge in [-0.25, -0.2) is 8.78 Å². The lowest BCUT2D eigenvalue weighted by Crippen LogP contribution is -2.55. The van der Waals surface area contributed by atoms with Gasteiger partial charge in [-0.15, -0.1) is 0 Å². The predicted molar refractivity (Wildman–Crippen MR) is 75.7 cm³/mol. The number of anilines is 1. The molecule has 2 N–H and O–H groups in total. The molecule has 3 rings (SSSR count). The van der Waals surface area contributed by atoms with Crippen molar-refractivity contribution in [1.82, 2.24) is 4.90 Å². The summed E-state index contributed by atoms with van der Waals surface area (Å²) < 4.78 is 28.5. The van der Waals surface area contributed by atoms with E-state index in [1.54, 1.807) is 0 Å². The topological polar surface area (TPSA) is 32.5 Å². The lowest BCUT2D eigenvalue weighted by molar-refractivity contribution is 0.201. The molecule has 0 bridgehead atoms. The van der Waals surface area contributed by atoms with Crippen molar-refractivity contribution < 1.29 is 8.78 Å². The fourth-order valence-corrected chi connectivity index (χ4v) is 3.51. The minimum Gasteiger partial charge on any atom is -0.361 e. The third-order valence-electron chi connectivity index (χ3n) is 4.54. The van der Waals surface area contributed by atoms with E-state index in [2.05, 4.69) is 4.90 Å².